The lowest BCUT2D eigenvalue weighted by atomic mass is 10.1. The van der Waals surface area contributed by atoms with E-state index >= 15 is 0 Å². The molecule has 0 aliphatic rings. The molecule has 0 aliphatic carbocycles. The molecule has 0 N–H and O–H groups in total. The van der Waals surface area contributed by atoms with Crippen LogP contribution in [0, 0.1) is 0 Å². The van der Waals surface area contributed by atoms with E-state index in [-0.39, 0.29) is 162 Å². The SMILES string of the molecule is C.C.C.C.C.C.C.C.C.C.C.C.C.C.C.C.CCCOCC(OCCC)C(OCCC)C(COCOCC(OCCC)C(OCCC)C(COCCC)OCCC)OCCC. The van der Waals surface area contributed by atoms with Crippen LogP contribution in [0.3, 0.4) is 0 Å². The lowest BCUT2D eigenvalue weighted by Crippen LogP contribution is -2.48. The van der Waals surface area contributed by atoms with Crippen LogP contribution >= 0.6 is 0 Å². The van der Waals surface area contributed by atoms with Crippen molar-refractivity contribution in [1.29, 1.82) is 0 Å². The van der Waals surface area contributed by atoms with E-state index in [9.17, 15) is 0 Å². The van der Waals surface area contributed by atoms with Crippen LogP contribution in [0.4, 0.5) is 0 Å². The van der Waals surface area contributed by atoms with Crippen LogP contribution in [-0.2, 0) is 47.4 Å². The molecule has 0 heterocycles. The highest BCUT2D eigenvalue weighted by molar-refractivity contribution is 4.82. The molecule has 0 rings (SSSR count). The van der Waals surface area contributed by atoms with E-state index in [0.29, 0.717) is 79.3 Å². The highest BCUT2D eigenvalue weighted by Crippen LogP contribution is 2.18. The molecule has 10 heteroatoms. The van der Waals surface area contributed by atoms with Gasteiger partial charge in [0.15, 0.2) is 0 Å². The second-order valence-electron chi connectivity index (χ2n) is 11.3. The Balaban J connectivity index is -0.0000000807. The lowest BCUT2D eigenvalue weighted by Gasteiger charge is -2.34. The standard InChI is InChI=1S/C35H72O10.16CH4/c1-9-17-36-25-30(40-19-11-3)34(44-23-15-7)32(42-21-13-5)27-38-29-39-28-33(43-22-14-6)35(45-24-16-8)31(41-20-12-4)26-37-18-10-2;;;;;;;;;;;;;;;;/h30-35H,9-29H2,1-8H3;16*1H4. The van der Waals surface area contributed by atoms with Gasteiger partial charge in [-0.1, -0.05) is 174 Å². The van der Waals surface area contributed by atoms with Crippen LogP contribution in [0.1, 0.15) is 226 Å². The predicted molar refractivity (Wildman–Crippen MR) is 287 cm³/mol. The van der Waals surface area contributed by atoms with Crippen molar-refractivity contribution >= 4 is 0 Å². The fourth-order valence-electron chi connectivity index (χ4n) is 4.52. The van der Waals surface area contributed by atoms with Crippen molar-refractivity contribution in [3.05, 3.63) is 0 Å². The van der Waals surface area contributed by atoms with E-state index in [0.717, 1.165) is 51.4 Å². The van der Waals surface area contributed by atoms with Crippen molar-refractivity contribution < 1.29 is 47.4 Å². The summed E-state index contributed by atoms with van der Waals surface area (Å²) in [7, 11) is 0. The molecular formula is C51H136O10. The Morgan fingerprint density at radius 1 is 0.230 bits per heavy atom. The molecule has 400 valence electrons. The third-order valence-corrected chi connectivity index (χ3v) is 6.63. The Morgan fingerprint density at radius 2 is 0.410 bits per heavy atom. The molecule has 0 fully saturated rings. The number of hydrogen-bond donors (Lipinski definition) is 0. The second-order valence-corrected chi connectivity index (χ2v) is 11.3. The molecule has 0 aromatic carbocycles. The molecule has 0 saturated heterocycles. The Hall–Kier alpha value is -0.400. The summed E-state index contributed by atoms with van der Waals surface area (Å²) < 4.78 is 61.7. The smallest absolute Gasteiger partial charge is 0.146 e. The van der Waals surface area contributed by atoms with Crippen LogP contribution in [-0.4, -0.2) is 123 Å². The molecule has 0 aromatic rings. The van der Waals surface area contributed by atoms with Gasteiger partial charge in [-0.25, -0.2) is 0 Å². The maximum Gasteiger partial charge on any atom is 0.146 e. The summed E-state index contributed by atoms with van der Waals surface area (Å²) in [5.41, 5.74) is 0. The monoisotopic (exact) mass is 909 g/mol. The number of rotatable bonds is 36. The minimum absolute atomic E-state index is 0. The summed E-state index contributed by atoms with van der Waals surface area (Å²) in [6.07, 6.45) is 5.45. The quantitative estimate of drug-likeness (QED) is 0.0447. The van der Waals surface area contributed by atoms with Crippen LogP contribution in [0.15, 0.2) is 0 Å². The van der Waals surface area contributed by atoms with Crippen molar-refractivity contribution in [3.63, 3.8) is 0 Å². The minimum Gasteiger partial charge on any atom is -0.379 e. The lowest BCUT2D eigenvalue weighted by molar-refractivity contribution is -0.194. The third-order valence-electron chi connectivity index (χ3n) is 6.63. The third kappa shape index (κ3) is 59.6. The van der Waals surface area contributed by atoms with Gasteiger partial charge in [-0.05, 0) is 51.4 Å². The molecule has 6 atom stereocenters. The average molecular weight is 910 g/mol. The van der Waals surface area contributed by atoms with Crippen molar-refractivity contribution in [2.24, 2.45) is 0 Å². The second kappa shape index (κ2) is 86.7. The van der Waals surface area contributed by atoms with E-state index < -0.39 is 0 Å². The topological polar surface area (TPSA) is 92.3 Å². The van der Waals surface area contributed by atoms with Gasteiger partial charge in [0.05, 0.1) is 26.4 Å². The average Bonchev–Trinajstić information content (AvgIpc) is 3.05. The number of ether oxygens (including phenoxy) is 10. The van der Waals surface area contributed by atoms with Crippen molar-refractivity contribution in [2.75, 3.05) is 86.1 Å². The zero-order chi connectivity index (χ0) is 33.4. The van der Waals surface area contributed by atoms with Crippen LogP contribution < -0.4 is 0 Å². The van der Waals surface area contributed by atoms with Gasteiger partial charge in [0.1, 0.15) is 43.4 Å². The van der Waals surface area contributed by atoms with E-state index in [1.165, 1.54) is 0 Å². The van der Waals surface area contributed by atoms with Gasteiger partial charge in [-0.15, -0.1) is 0 Å². The first-order chi connectivity index (χ1) is 22.1. The maximum absolute atomic E-state index is 6.33. The first-order valence-electron chi connectivity index (χ1n) is 18.1. The first kappa shape index (κ1) is 113. The largest absolute Gasteiger partial charge is 0.379 e. The van der Waals surface area contributed by atoms with Crippen LogP contribution in [0.5, 0.6) is 0 Å². The van der Waals surface area contributed by atoms with Crippen LogP contribution in [0.2, 0.25) is 0 Å². The van der Waals surface area contributed by atoms with Gasteiger partial charge in [0, 0.05) is 52.9 Å². The van der Waals surface area contributed by atoms with E-state index in [1.54, 1.807) is 0 Å². The zero-order valence-electron chi connectivity index (χ0n) is 30.4. The first-order valence-corrected chi connectivity index (χ1v) is 18.1. The molecule has 0 aliphatic heterocycles. The fraction of sp³-hybridized carbons (Fsp3) is 1.00. The summed E-state index contributed by atoms with van der Waals surface area (Å²) >= 11 is 0. The highest BCUT2D eigenvalue weighted by Gasteiger charge is 2.34. The molecule has 10 nitrogen and oxygen atoms in total. The van der Waals surface area contributed by atoms with Gasteiger partial charge in [-0.3, -0.25) is 0 Å². The number of hydrogen-bond acceptors (Lipinski definition) is 10. The Morgan fingerprint density at radius 3 is 0.607 bits per heavy atom. The van der Waals surface area contributed by atoms with E-state index in [4.69, 9.17) is 47.4 Å². The Labute approximate surface area is 394 Å². The maximum atomic E-state index is 6.33. The minimum atomic E-state index is -0.331. The molecule has 0 aromatic heterocycles. The predicted octanol–water partition coefficient (Wildman–Crippen LogP) is 16.8. The molecule has 6 unspecified atom stereocenters. The van der Waals surface area contributed by atoms with E-state index in [2.05, 4.69) is 55.4 Å². The molecule has 0 saturated carbocycles. The van der Waals surface area contributed by atoms with Crippen LogP contribution in [0.25, 0.3) is 0 Å². The van der Waals surface area contributed by atoms with E-state index in [1.807, 2.05) is 0 Å². The summed E-state index contributed by atoms with van der Waals surface area (Å²) in [6.45, 7) is 23.4. The normalized spacial score (nSPS) is 11.8. The van der Waals surface area contributed by atoms with Crippen molar-refractivity contribution in [2.45, 2.75) is 262 Å². The van der Waals surface area contributed by atoms with Gasteiger partial charge >= 0.3 is 0 Å². The van der Waals surface area contributed by atoms with Gasteiger partial charge < -0.3 is 47.4 Å². The van der Waals surface area contributed by atoms with Gasteiger partial charge in [0.2, 0.25) is 0 Å². The van der Waals surface area contributed by atoms with Crippen molar-refractivity contribution in [3.8, 4) is 0 Å². The highest BCUT2D eigenvalue weighted by atomic mass is 16.7. The Bertz CT molecular complexity index is 542. The van der Waals surface area contributed by atoms with Crippen molar-refractivity contribution in [1.82, 2.24) is 0 Å². The molecule has 0 spiro atoms. The molecule has 0 radical (unpaired) electrons. The zero-order valence-corrected chi connectivity index (χ0v) is 30.4. The summed E-state index contributed by atoms with van der Waals surface area (Å²) in [6, 6.07) is 0. The fourth-order valence-corrected chi connectivity index (χ4v) is 4.52. The molecule has 0 amide bonds. The summed E-state index contributed by atoms with van der Waals surface area (Å²) in [5.74, 6) is 0. The van der Waals surface area contributed by atoms with Gasteiger partial charge in [0.25, 0.3) is 0 Å². The Kier molecular flexibility index (Phi) is 161. The van der Waals surface area contributed by atoms with Gasteiger partial charge in [-0.2, -0.15) is 0 Å². The summed E-state index contributed by atoms with van der Waals surface area (Å²) in [4.78, 5) is 0. The molecule has 0 bridgehead atoms. The molecular weight excluding hydrogens is 773 g/mol. The molecule has 61 heavy (non-hydrogen) atoms. The summed E-state index contributed by atoms with van der Waals surface area (Å²) in [5, 5.41) is 0.